The fraction of sp³-hybridized carbons (Fsp3) is 0.143. The zero-order valence-electron chi connectivity index (χ0n) is 10.7. The maximum absolute atomic E-state index is 12.1. The van der Waals surface area contributed by atoms with Crippen LogP contribution < -0.4 is 10.1 Å². The number of pyridine rings is 1. The maximum atomic E-state index is 12.1. The van der Waals surface area contributed by atoms with Crippen LogP contribution in [0.15, 0.2) is 45.5 Å². The zero-order chi connectivity index (χ0) is 14.5. The van der Waals surface area contributed by atoms with E-state index < -0.39 is 0 Å². The Morgan fingerprint density at radius 3 is 2.75 bits per heavy atom. The smallest absolute Gasteiger partial charge is 0.252 e. The Hall–Kier alpha value is -1.40. The highest BCUT2D eigenvalue weighted by Gasteiger charge is 2.10. The quantitative estimate of drug-likeness (QED) is 0.855. The standard InChI is InChI=1S/C14H12Br2N2O2/c1-20-13-5-2-9(7-17-13)8-18-14(19)11-6-10(15)3-4-12(11)16/h2-7H,8H2,1H3,(H,18,19). The van der Waals surface area contributed by atoms with Crippen molar-refractivity contribution >= 4 is 37.8 Å². The number of rotatable bonds is 4. The topological polar surface area (TPSA) is 51.2 Å². The second kappa shape index (κ2) is 6.85. The van der Waals surface area contributed by atoms with E-state index in [0.29, 0.717) is 18.0 Å². The van der Waals surface area contributed by atoms with E-state index in [4.69, 9.17) is 4.74 Å². The fourth-order valence-corrected chi connectivity index (χ4v) is 2.37. The Morgan fingerprint density at radius 2 is 2.10 bits per heavy atom. The van der Waals surface area contributed by atoms with E-state index in [1.165, 1.54) is 0 Å². The molecule has 104 valence electrons. The third kappa shape index (κ3) is 3.80. The van der Waals surface area contributed by atoms with Crippen LogP contribution in [0.25, 0.3) is 0 Å². The average molecular weight is 400 g/mol. The van der Waals surface area contributed by atoms with Crippen LogP contribution in [-0.2, 0) is 6.54 Å². The molecule has 1 N–H and O–H groups in total. The Kier molecular flexibility index (Phi) is 5.14. The summed E-state index contributed by atoms with van der Waals surface area (Å²) in [5, 5.41) is 2.85. The van der Waals surface area contributed by atoms with E-state index in [2.05, 4.69) is 42.2 Å². The number of methoxy groups -OCH3 is 1. The summed E-state index contributed by atoms with van der Waals surface area (Å²) in [5.74, 6) is 0.406. The number of amides is 1. The molecule has 0 aliphatic rings. The molecule has 1 heterocycles. The average Bonchev–Trinajstić information content (AvgIpc) is 2.47. The molecular formula is C14H12Br2N2O2. The van der Waals surface area contributed by atoms with E-state index in [0.717, 1.165) is 14.5 Å². The first kappa shape index (κ1) is 15.0. The number of hydrogen-bond donors (Lipinski definition) is 1. The van der Waals surface area contributed by atoms with Crippen LogP contribution in [0.3, 0.4) is 0 Å². The van der Waals surface area contributed by atoms with Gasteiger partial charge in [-0.15, -0.1) is 0 Å². The number of carbonyl (C=O) groups is 1. The van der Waals surface area contributed by atoms with Crippen molar-refractivity contribution in [2.24, 2.45) is 0 Å². The Labute approximate surface area is 133 Å². The van der Waals surface area contributed by atoms with E-state index in [1.54, 1.807) is 25.4 Å². The monoisotopic (exact) mass is 398 g/mol. The summed E-state index contributed by atoms with van der Waals surface area (Å²) in [4.78, 5) is 16.2. The van der Waals surface area contributed by atoms with Gasteiger partial charge in [0.2, 0.25) is 5.88 Å². The van der Waals surface area contributed by atoms with Gasteiger partial charge in [-0.05, 0) is 39.7 Å². The lowest BCUT2D eigenvalue weighted by molar-refractivity contribution is 0.0950. The number of halogens is 2. The van der Waals surface area contributed by atoms with Crippen LogP contribution in [0.4, 0.5) is 0 Å². The molecule has 0 aliphatic carbocycles. The number of nitrogens with zero attached hydrogens (tertiary/aromatic N) is 1. The normalized spacial score (nSPS) is 10.2. The number of benzene rings is 1. The molecule has 1 aromatic heterocycles. The van der Waals surface area contributed by atoms with Crippen molar-refractivity contribution < 1.29 is 9.53 Å². The molecule has 0 saturated heterocycles. The molecule has 0 atom stereocenters. The van der Waals surface area contributed by atoms with Gasteiger partial charge in [0.25, 0.3) is 5.91 Å². The zero-order valence-corrected chi connectivity index (χ0v) is 13.9. The van der Waals surface area contributed by atoms with Crippen LogP contribution in [0.2, 0.25) is 0 Å². The molecule has 0 unspecified atom stereocenters. The minimum absolute atomic E-state index is 0.144. The Balaban J connectivity index is 2.02. The minimum Gasteiger partial charge on any atom is -0.481 e. The fourth-order valence-electron chi connectivity index (χ4n) is 1.59. The third-order valence-corrected chi connectivity index (χ3v) is 3.82. The summed E-state index contributed by atoms with van der Waals surface area (Å²) in [6, 6.07) is 9.09. The lowest BCUT2D eigenvalue weighted by Crippen LogP contribution is -2.23. The molecule has 1 amide bonds. The van der Waals surface area contributed by atoms with Gasteiger partial charge in [0, 0.05) is 27.8 Å². The van der Waals surface area contributed by atoms with Crippen molar-refractivity contribution in [2.75, 3.05) is 7.11 Å². The van der Waals surface area contributed by atoms with E-state index in [1.807, 2.05) is 18.2 Å². The van der Waals surface area contributed by atoms with Gasteiger partial charge < -0.3 is 10.1 Å². The number of nitrogens with one attached hydrogen (secondary N) is 1. The first-order chi connectivity index (χ1) is 9.60. The predicted molar refractivity (Wildman–Crippen MR) is 83.8 cm³/mol. The predicted octanol–water partition coefficient (Wildman–Crippen LogP) is 3.55. The highest BCUT2D eigenvalue weighted by Crippen LogP contribution is 2.21. The highest BCUT2D eigenvalue weighted by molar-refractivity contribution is 9.11. The molecule has 0 aliphatic heterocycles. The number of hydrogen-bond acceptors (Lipinski definition) is 3. The second-order valence-corrected chi connectivity index (χ2v) is 5.79. The van der Waals surface area contributed by atoms with Gasteiger partial charge in [0.1, 0.15) is 0 Å². The molecule has 2 rings (SSSR count). The molecule has 20 heavy (non-hydrogen) atoms. The molecule has 0 spiro atoms. The van der Waals surface area contributed by atoms with Crippen LogP contribution >= 0.6 is 31.9 Å². The van der Waals surface area contributed by atoms with E-state index >= 15 is 0 Å². The summed E-state index contributed by atoms with van der Waals surface area (Å²) in [6.07, 6.45) is 1.68. The van der Waals surface area contributed by atoms with Crippen LogP contribution in [0, 0.1) is 0 Å². The van der Waals surface area contributed by atoms with E-state index in [-0.39, 0.29) is 5.91 Å². The largest absolute Gasteiger partial charge is 0.481 e. The van der Waals surface area contributed by atoms with Gasteiger partial charge in [0.15, 0.2) is 0 Å². The number of ether oxygens (including phenoxy) is 1. The molecule has 4 nitrogen and oxygen atoms in total. The molecule has 6 heteroatoms. The first-order valence-electron chi connectivity index (χ1n) is 5.82. The Morgan fingerprint density at radius 1 is 1.30 bits per heavy atom. The molecule has 0 bridgehead atoms. The van der Waals surface area contributed by atoms with Crippen molar-refractivity contribution in [1.82, 2.24) is 10.3 Å². The molecule has 2 aromatic rings. The summed E-state index contributed by atoms with van der Waals surface area (Å²) in [7, 11) is 1.56. The van der Waals surface area contributed by atoms with Crippen molar-refractivity contribution in [2.45, 2.75) is 6.54 Å². The molecule has 0 saturated carbocycles. The minimum atomic E-state index is -0.144. The molecule has 0 fully saturated rings. The number of carbonyl (C=O) groups excluding carboxylic acids is 1. The lowest BCUT2D eigenvalue weighted by Gasteiger charge is -2.08. The van der Waals surface area contributed by atoms with Crippen molar-refractivity contribution in [3.8, 4) is 5.88 Å². The van der Waals surface area contributed by atoms with E-state index in [9.17, 15) is 4.79 Å². The number of aromatic nitrogens is 1. The summed E-state index contributed by atoms with van der Waals surface area (Å²) < 4.78 is 6.60. The van der Waals surface area contributed by atoms with Crippen molar-refractivity contribution in [3.63, 3.8) is 0 Å². The highest BCUT2D eigenvalue weighted by atomic mass is 79.9. The third-order valence-electron chi connectivity index (χ3n) is 2.63. The van der Waals surface area contributed by atoms with Crippen LogP contribution in [-0.4, -0.2) is 18.0 Å². The van der Waals surface area contributed by atoms with Crippen molar-refractivity contribution in [3.05, 3.63) is 56.6 Å². The van der Waals surface area contributed by atoms with Gasteiger partial charge in [-0.1, -0.05) is 22.0 Å². The van der Waals surface area contributed by atoms with Crippen LogP contribution in [0.5, 0.6) is 5.88 Å². The molecule has 1 aromatic carbocycles. The van der Waals surface area contributed by atoms with Gasteiger partial charge in [-0.25, -0.2) is 4.98 Å². The van der Waals surface area contributed by atoms with Gasteiger partial charge in [-0.3, -0.25) is 4.79 Å². The lowest BCUT2D eigenvalue weighted by atomic mass is 10.2. The first-order valence-corrected chi connectivity index (χ1v) is 7.41. The van der Waals surface area contributed by atoms with Gasteiger partial charge in [-0.2, -0.15) is 0 Å². The SMILES string of the molecule is COc1ccc(CNC(=O)c2cc(Br)ccc2Br)cn1. The molecule has 0 radical (unpaired) electrons. The maximum Gasteiger partial charge on any atom is 0.252 e. The molecular weight excluding hydrogens is 388 g/mol. The summed E-state index contributed by atoms with van der Waals surface area (Å²) in [6.45, 7) is 0.411. The van der Waals surface area contributed by atoms with Crippen LogP contribution in [0.1, 0.15) is 15.9 Å². The summed E-state index contributed by atoms with van der Waals surface area (Å²) >= 11 is 6.72. The summed E-state index contributed by atoms with van der Waals surface area (Å²) in [5.41, 5.74) is 1.49. The van der Waals surface area contributed by atoms with Gasteiger partial charge >= 0.3 is 0 Å². The Bertz CT molecular complexity index is 615. The van der Waals surface area contributed by atoms with Gasteiger partial charge in [0.05, 0.1) is 12.7 Å². The second-order valence-electron chi connectivity index (χ2n) is 4.02. The van der Waals surface area contributed by atoms with Crippen molar-refractivity contribution in [1.29, 1.82) is 0 Å².